The maximum atomic E-state index is 11.9. The van der Waals surface area contributed by atoms with Crippen LogP contribution < -0.4 is 11.1 Å². The Morgan fingerprint density at radius 2 is 2.26 bits per heavy atom. The summed E-state index contributed by atoms with van der Waals surface area (Å²) in [5.74, 6) is -0.247. The van der Waals surface area contributed by atoms with Gasteiger partial charge in [-0.3, -0.25) is 9.48 Å². The van der Waals surface area contributed by atoms with E-state index in [1.165, 1.54) is 0 Å². The van der Waals surface area contributed by atoms with Gasteiger partial charge >= 0.3 is 0 Å². The first kappa shape index (κ1) is 13.4. The van der Waals surface area contributed by atoms with E-state index in [4.69, 9.17) is 17.3 Å². The van der Waals surface area contributed by atoms with E-state index in [9.17, 15) is 4.79 Å². The zero-order valence-corrected chi connectivity index (χ0v) is 11.1. The molecule has 0 unspecified atom stereocenters. The highest BCUT2D eigenvalue weighted by molar-refractivity contribution is 6.34. The largest absolute Gasteiger partial charge is 0.398 e. The van der Waals surface area contributed by atoms with Crippen molar-refractivity contribution in [3.63, 3.8) is 0 Å². The third-order valence-corrected chi connectivity index (χ3v) is 3.00. The van der Waals surface area contributed by atoms with Crippen LogP contribution in [0, 0.1) is 0 Å². The number of carbonyl (C=O) groups is 1. The first-order valence-electron chi connectivity index (χ1n) is 5.98. The van der Waals surface area contributed by atoms with E-state index >= 15 is 0 Å². The fourth-order valence-electron chi connectivity index (χ4n) is 1.74. The Balaban J connectivity index is 1.84. The average Bonchev–Trinajstić information content (AvgIpc) is 2.87. The van der Waals surface area contributed by atoms with Gasteiger partial charge < -0.3 is 11.1 Å². The summed E-state index contributed by atoms with van der Waals surface area (Å²) in [6.07, 6.45) is 4.40. The summed E-state index contributed by atoms with van der Waals surface area (Å²) in [4.78, 5) is 11.9. The summed E-state index contributed by atoms with van der Waals surface area (Å²) >= 11 is 5.96. The van der Waals surface area contributed by atoms with Gasteiger partial charge in [-0.25, -0.2) is 0 Å². The van der Waals surface area contributed by atoms with Crippen LogP contribution in [0.5, 0.6) is 0 Å². The molecule has 0 aliphatic heterocycles. The van der Waals surface area contributed by atoms with Crippen LogP contribution >= 0.6 is 11.6 Å². The van der Waals surface area contributed by atoms with Crippen molar-refractivity contribution in [3.8, 4) is 0 Å². The second-order valence-corrected chi connectivity index (χ2v) is 4.49. The van der Waals surface area contributed by atoms with Crippen molar-refractivity contribution in [1.29, 1.82) is 0 Å². The lowest BCUT2D eigenvalue weighted by Crippen LogP contribution is -2.26. The van der Waals surface area contributed by atoms with Crippen molar-refractivity contribution in [1.82, 2.24) is 15.1 Å². The minimum atomic E-state index is -0.247. The molecule has 1 aromatic carbocycles. The topological polar surface area (TPSA) is 72.9 Å². The predicted molar refractivity (Wildman–Crippen MR) is 75.0 cm³/mol. The molecule has 0 saturated heterocycles. The average molecular weight is 279 g/mol. The monoisotopic (exact) mass is 278 g/mol. The zero-order valence-electron chi connectivity index (χ0n) is 10.3. The SMILES string of the molecule is Nc1cccc(Cl)c1C(=O)NCCCn1cccn1. The number of amides is 1. The normalized spacial score (nSPS) is 10.4. The molecule has 0 aliphatic rings. The summed E-state index contributed by atoms with van der Waals surface area (Å²) in [5.41, 5.74) is 6.47. The molecule has 2 rings (SSSR count). The third kappa shape index (κ3) is 3.48. The summed E-state index contributed by atoms with van der Waals surface area (Å²) in [6, 6.07) is 6.89. The van der Waals surface area contributed by atoms with Gasteiger partial charge in [0.2, 0.25) is 0 Å². The molecule has 1 amide bonds. The van der Waals surface area contributed by atoms with Crippen LogP contribution in [0.2, 0.25) is 5.02 Å². The molecule has 0 atom stereocenters. The first-order chi connectivity index (χ1) is 9.18. The minimum absolute atomic E-state index is 0.247. The highest BCUT2D eigenvalue weighted by Crippen LogP contribution is 2.21. The van der Waals surface area contributed by atoms with Crippen LogP contribution in [0.15, 0.2) is 36.7 Å². The highest BCUT2D eigenvalue weighted by atomic mass is 35.5. The van der Waals surface area contributed by atoms with Gasteiger partial charge in [-0.1, -0.05) is 17.7 Å². The Morgan fingerprint density at radius 3 is 2.95 bits per heavy atom. The standard InChI is InChI=1S/C13H15ClN4O/c14-10-4-1-5-11(15)12(10)13(19)16-6-2-8-18-9-3-7-17-18/h1,3-5,7,9H,2,6,8,15H2,(H,16,19). The van der Waals surface area contributed by atoms with E-state index in [0.29, 0.717) is 22.8 Å². The van der Waals surface area contributed by atoms with E-state index in [2.05, 4.69) is 10.4 Å². The van der Waals surface area contributed by atoms with Gasteiger partial charge in [0.25, 0.3) is 5.91 Å². The number of hydrogen-bond donors (Lipinski definition) is 2. The van der Waals surface area contributed by atoms with Crippen molar-refractivity contribution < 1.29 is 4.79 Å². The van der Waals surface area contributed by atoms with Crippen molar-refractivity contribution in [2.24, 2.45) is 0 Å². The lowest BCUT2D eigenvalue weighted by Gasteiger charge is -2.09. The molecular weight excluding hydrogens is 264 g/mol. The Kier molecular flexibility index (Phi) is 4.41. The van der Waals surface area contributed by atoms with Crippen LogP contribution in [0.4, 0.5) is 5.69 Å². The number of nitrogens with zero attached hydrogens (tertiary/aromatic N) is 2. The summed E-state index contributed by atoms with van der Waals surface area (Å²) < 4.78 is 1.82. The smallest absolute Gasteiger partial charge is 0.254 e. The van der Waals surface area contributed by atoms with Crippen molar-refractivity contribution in [2.75, 3.05) is 12.3 Å². The van der Waals surface area contributed by atoms with Gasteiger partial charge in [-0.15, -0.1) is 0 Å². The number of carbonyl (C=O) groups excluding carboxylic acids is 1. The van der Waals surface area contributed by atoms with E-state index in [1.54, 1.807) is 24.4 Å². The quantitative estimate of drug-likeness (QED) is 0.648. The van der Waals surface area contributed by atoms with E-state index in [1.807, 2.05) is 16.9 Å². The molecular formula is C13H15ClN4O. The number of hydrogen-bond acceptors (Lipinski definition) is 3. The number of nitrogens with two attached hydrogens (primary N) is 1. The number of anilines is 1. The fourth-order valence-corrected chi connectivity index (χ4v) is 2.01. The molecule has 1 aromatic heterocycles. The predicted octanol–water partition coefficient (Wildman–Crippen LogP) is 1.94. The summed E-state index contributed by atoms with van der Waals surface area (Å²) in [7, 11) is 0. The molecule has 1 heterocycles. The Labute approximate surface area is 116 Å². The van der Waals surface area contributed by atoms with Crippen molar-refractivity contribution >= 4 is 23.2 Å². The molecule has 2 aromatic rings. The van der Waals surface area contributed by atoms with Crippen LogP contribution in [-0.2, 0) is 6.54 Å². The number of benzene rings is 1. The lowest BCUT2D eigenvalue weighted by molar-refractivity contribution is 0.0953. The Bertz CT molecular complexity index is 534. The van der Waals surface area contributed by atoms with Gasteiger partial charge in [0.05, 0.1) is 10.6 Å². The third-order valence-electron chi connectivity index (χ3n) is 2.68. The van der Waals surface area contributed by atoms with Crippen LogP contribution in [0.25, 0.3) is 0 Å². The Morgan fingerprint density at radius 1 is 1.42 bits per heavy atom. The van der Waals surface area contributed by atoms with Gasteiger partial charge in [-0.05, 0) is 24.6 Å². The van der Waals surface area contributed by atoms with Crippen LogP contribution in [0.3, 0.4) is 0 Å². The maximum absolute atomic E-state index is 11.9. The number of rotatable bonds is 5. The molecule has 6 heteroatoms. The fraction of sp³-hybridized carbons (Fsp3) is 0.231. The number of halogens is 1. The molecule has 0 radical (unpaired) electrons. The van der Waals surface area contributed by atoms with E-state index < -0.39 is 0 Å². The maximum Gasteiger partial charge on any atom is 0.254 e. The molecule has 0 saturated carbocycles. The molecule has 0 bridgehead atoms. The molecule has 3 N–H and O–H groups in total. The molecule has 100 valence electrons. The second-order valence-electron chi connectivity index (χ2n) is 4.08. The molecule has 0 fully saturated rings. The van der Waals surface area contributed by atoms with Crippen molar-refractivity contribution in [2.45, 2.75) is 13.0 Å². The molecule has 5 nitrogen and oxygen atoms in total. The number of aromatic nitrogens is 2. The van der Waals surface area contributed by atoms with Crippen LogP contribution in [0.1, 0.15) is 16.8 Å². The van der Waals surface area contributed by atoms with Gasteiger partial charge in [-0.2, -0.15) is 5.10 Å². The number of nitrogens with one attached hydrogen (secondary N) is 1. The molecule has 19 heavy (non-hydrogen) atoms. The molecule has 0 spiro atoms. The lowest BCUT2D eigenvalue weighted by atomic mass is 10.1. The van der Waals surface area contributed by atoms with Gasteiger partial charge in [0, 0.05) is 31.2 Å². The number of aryl methyl sites for hydroxylation is 1. The Hall–Kier alpha value is -2.01. The highest BCUT2D eigenvalue weighted by Gasteiger charge is 2.12. The number of nitrogen functional groups attached to an aromatic ring is 1. The second kappa shape index (κ2) is 6.24. The molecule has 0 aliphatic carbocycles. The zero-order chi connectivity index (χ0) is 13.7. The van der Waals surface area contributed by atoms with Gasteiger partial charge in [0.15, 0.2) is 0 Å². The van der Waals surface area contributed by atoms with Gasteiger partial charge in [0.1, 0.15) is 0 Å². The van der Waals surface area contributed by atoms with Crippen LogP contribution in [-0.4, -0.2) is 22.2 Å². The first-order valence-corrected chi connectivity index (χ1v) is 6.36. The summed E-state index contributed by atoms with van der Waals surface area (Å²) in [6.45, 7) is 1.30. The summed E-state index contributed by atoms with van der Waals surface area (Å²) in [5, 5.41) is 7.25. The minimum Gasteiger partial charge on any atom is -0.398 e. The van der Waals surface area contributed by atoms with E-state index in [0.717, 1.165) is 13.0 Å². The van der Waals surface area contributed by atoms with E-state index in [-0.39, 0.29) is 5.91 Å². The van der Waals surface area contributed by atoms with Crippen molar-refractivity contribution in [3.05, 3.63) is 47.2 Å².